The van der Waals surface area contributed by atoms with E-state index in [-0.39, 0.29) is 24.6 Å². The van der Waals surface area contributed by atoms with Crippen LogP contribution in [0, 0.1) is 0 Å². The number of carbonyl (C=O) groups is 2. The predicted octanol–water partition coefficient (Wildman–Crippen LogP) is 1.91. The Balaban J connectivity index is 2.50. The number of hydrogen-bond acceptors (Lipinski definition) is 5. The number of nitrogens with two attached hydrogens (primary N) is 1. The highest BCUT2D eigenvalue weighted by Crippen LogP contribution is 2.04. The number of thiocarbonyl (C=S) groups is 1. The molecular formula is C15H20N2O4S. The molecule has 6 nitrogen and oxygen atoms in total. The number of benzene rings is 1. The molecule has 7 heteroatoms. The summed E-state index contributed by atoms with van der Waals surface area (Å²) in [7, 11) is 0. The lowest BCUT2D eigenvalue weighted by molar-refractivity contribution is -0.145. The van der Waals surface area contributed by atoms with Crippen LogP contribution in [0.4, 0.5) is 4.79 Å². The van der Waals surface area contributed by atoms with Crippen molar-refractivity contribution in [1.29, 1.82) is 0 Å². The van der Waals surface area contributed by atoms with E-state index in [0.717, 1.165) is 5.56 Å². The molecule has 0 aliphatic rings. The highest BCUT2D eigenvalue weighted by molar-refractivity contribution is 7.80. The quantitative estimate of drug-likeness (QED) is 0.561. The second-order valence-corrected chi connectivity index (χ2v) is 5.04. The van der Waals surface area contributed by atoms with E-state index in [0.29, 0.717) is 6.42 Å². The van der Waals surface area contributed by atoms with Crippen LogP contribution in [0.3, 0.4) is 0 Å². The van der Waals surface area contributed by atoms with Crippen molar-refractivity contribution in [3.8, 4) is 0 Å². The first kappa shape index (κ1) is 17.9. The normalized spacial score (nSPS) is 11.3. The van der Waals surface area contributed by atoms with Crippen LogP contribution < -0.4 is 11.1 Å². The number of amides is 1. The lowest BCUT2D eigenvalue weighted by Crippen LogP contribution is -2.42. The molecule has 22 heavy (non-hydrogen) atoms. The summed E-state index contributed by atoms with van der Waals surface area (Å²) < 4.78 is 9.98. The second-order valence-electron chi connectivity index (χ2n) is 4.52. The Morgan fingerprint density at radius 1 is 1.27 bits per heavy atom. The van der Waals surface area contributed by atoms with Gasteiger partial charge in [0.2, 0.25) is 0 Å². The molecule has 1 unspecified atom stereocenters. The van der Waals surface area contributed by atoms with Gasteiger partial charge in [-0.15, -0.1) is 0 Å². The van der Waals surface area contributed by atoms with Crippen molar-refractivity contribution in [3.63, 3.8) is 0 Å². The number of hydrogen-bond donors (Lipinski definition) is 2. The van der Waals surface area contributed by atoms with Gasteiger partial charge in [0.05, 0.1) is 11.6 Å². The first-order valence-electron chi connectivity index (χ1n) is 6.95. The molecule has 0 spiro atoms. The molecule has 0 bridgehead atoms. The first-order chi connectivity index (χ1) is 10.5. The maximum atomic E-state index is 11.8. The van der Waals surface area contributed by atoms with Crippen LogP contribution in [-0.2, 0) is 20.9 Å². The van der Waals surface area contributed by atoms with E-state index in [1.807, 2.05) is 30.3 Å². The average Bonchev–Trinajstić information content (AvgIpc) is 2.50. The molecule has 0 aliphatic heterocycles. The minimum atomic E-state index is -0.829. The fraction of sp³-hybridized carbons (Fsp3) is 0.400. The summed E-state index contributed by atoms with van der Waals surface area (Å²) in [5.74, 6) is -0.532. The van der Waals surface area contributed by atoms with Crippen LogP contribution in [-0.4, -0.2) is 29.7 Å². The van der Waals surface area contributed by atoms with Crippen molar-refractivity contribution >= 4 is 29.3 Å². The molecule has 120 valence electrons. The zero-order valence-electron chi connectivity index (χ0n) is 12.4. The Hall–Kier alpha value is -2.15. The molecule has 0 aromatic heterocycles. The van der Waals surface area contributed by atoms with Gasteiger partial charge in [-0.25, -0.2) is 9.59 Å². The summed E-state index contributed by atoms with van der Waals surface area (Å²) in [6, 6.07) is 8.41. The number of rotatable bonds is 8. The number of carbonyl (C=O) groups excluding carboxylic acids is 2. The first-order valence-corrected chi connectivity index (χ1v) is 7.36. The minimum absolute atomic E-state index is 0.123. The SMILES string of the molecule is CCOC(=O)C(CCC(N)=S)NC(=O)OCc1ccccc1. The molecule has 1 rings (SSSR count). The number of nitrogens with one attached hydrogen (secondary N) is 1. The van der Waals surface area contributed by atoms with E-state index in [2.05, 4.69) is 5.32 Å². The van der Waals surface area contributed by atoms with Crippen molar-refractivity contribution in [2.75, 3.05) is 6.61 Å². The minimum Gasteiger partial charge on any atom is -0.464 e. The van der Waals surface area contributed by atoms with Crippen LogP contribution >= 0.6 is 12.2 Å². The molecule has 0 radical (unpaired) electrons. The van der Waals surface area contributed by atoms with Gasteiger partial charge in [0.15, 0.2) is 0 Å². The summed E-state index contributed by atoms with van der Waals surface area (Å²) in [6.07, 6.45) is -0.0864. The summed E-state index contributed by atoms with van der Waals surface area (Å²) in [6.45, 7) is 2.04. The second kappa shape index (κ2) is 9.73. The summed E-state index contributed by atoms with van der Waals surface area (Å²) in [5, 5.41) is 2.48. The lowest BCUT2D eigenvalue weighted by atomic mass is 10.1. The zero-order chi connectivity index (χ0) is 16.4. The molecule has 3 N–H and O–H groups in total. The topological polar surface area (TPSA) is 90.6 Å². The van der Waals surface area contributed by atoms with Gasteiger partial charge < -0.3 is 20.5 Å². The molecule has 0 fully saturated rings. The fourth-order valence-electron chi connectivity index (χ4n) is 1.69. The Morgan fingerprint density at radius 3 is 2.55 bits per heavy atom. The summed E-state index contributed by atoms with van der Waals surface area (Å²) >= 11 is 4.78. The molecule has 1 atom stereocenters. The molecule has 1 amide bonds. The van der Waals surface area contributed by atoms with E-state index in [4.69, 9.17) is 27.4 Å². The third kappa shape index (κ3) is 7.03. The van der Waals surface area contributed by atoms with Crippen molar-refractivity contribution < 1.29 is 19.1 Å². The van der Waals surface area contributed by atoms with Gasteiger partial charge >= 0.3 is 12.1 Å². The Kier molecular flexibility index (Phi) is 7.91. The average molecular weight is 324 g/mol. The van der Waals surface area contributed by atoms with Crippen LogP contribution in [0.2, 0.25) is 0 Å². The van der Waals surface area contributed by atoms with E-state index >= 15 is 0 Å². The maximum Gasteiger partial charge on any atom is 0.408 e. The standard InChI is InChI=1S/C15H20N2O4S/c1-2-20-14(18)12(8-9-13(16)22)17-15(19)21-10-11-6-4-3-5-7-11/h3-7,12H,2,8-10H2,1H3,(H2,16,22)(H,17,19). The maximum absolute atomic E-state index is 11.8. The smallest absolute Gasteiger partial charge is 0.408 e. The zero-order valence-corrected chi connectivity index (χ0v) is 13.2. The largest absolute Gasteiger partial charge is 0.464 e. The molecule has 0 heterocycles. The molecule has 1 aromatic carbocycles. The van der Waals surface area contributed by atoms with Crippen molar-refractivity contribution in [2.24, 2.45) is 5.73 Å². The van der Waals surface area contributed by atoms with E-state index in [1.165, 1.54) is 0 Å². The third-order valence-corrected chi connectivity index (χ3v) is 2.96. The van der Waals surface area contributed by atoms with Crippen LogP contribution in [0.15, 0.2) is 30.3 Å². The summed E-state index contributed by atoms with van der Waals surface area (Å²) in [4.78, 5) is 23.8. The van der Waals surface area contributed by atoms with Gasteiger partial charge in [0.1, 0.15) is 12.6 Å². The molecule has 0 saturated heterocycles. The molecular weight excluding hydrogens is 304 g/mol. The Bertz CT molecular complexity index is 508. The van der Waals surface area contributed by atoms with E-state index in [1.54, 1.807) is 6.92 Å². The van der Waals surface area contributed by atoms with Crippen LogP contribution in [0.1, 0.15) is 25.3 Å². The van der Waals surface area contributed by atoms with Gasteiger partial charge in [-0.1, -0.05) is 42.5 Å². The third-order valence-electron chi connectivity index (χ3n) is 2.76. The monoisotopic (exact) mass is 324 g/mol. The van der Waals surface area contributed by atoms with E-state index < -0.39 is 18.1 Å². The highest BCUT2D eigenvalue weighted by atomic mass is 32.1. The van der Waals surface area contributed by atoms with Gasteiger partial charge in [0, 0.05) is 6.42 Å². The number of alkyl carbamates (subject to hydrolysis) is 1. The van der Waals surface area contributed by atoms with Gasteiger partial charge in [-0.05, 0) is 18.9 Å². The van der Waals surface area contributed by atoms with Crippen molar-refractivity contribution in [3.05, 3.63) is 35.9 Å². The van der Waals surface area contributed by atoms with Crippen molar-refractivity contribution in [1.82, 2.24) is 5.32 Å². The van der Waals surface area contributed by atoms with Crippen LogP contribution in [0.25, 0.3) is 0 Å². The fourth-order valence-corrected chi connectivity index (χ4v) is 1.80. The van der Waals surface area contributed by atoms with Crippen LogP contribution in [0.5, 0.6) is 0 Å². The number of esters is 1. The summed E-state index contributed by atoms with van der Waals surface area (Å²) in [5.41, 5.74) is 6.27. The van der Waals surface area contributed by atoms with Gasteiger partial charge in [0.25, 0.3) is 0 Å². The Labute approximate surface area is 135 Å². The predicted molar refractivity (Wildman–Crippen MR) is 86.2 cm³/mol. The van der Waals surface area contributed by atoms with Gasteiger partial charge in [-0.3, -0.25) is 0 Å². The van der Waals surface area contributed by atoms with Gasteiger partial charge in [-0.2, -0.15) is 0 Å². The lowest BCUT2D eigenvalue weighted by Gasteiger charge is -2.16. The molecule has 1 aromatic rings. The van der Waals surface area contributed by atoms with Crippen molar-refractivity contribution in [2.45, 2.75) is 32.4 Å². The van der Waals surface area contributed by atoms with E-state index in [9.17, 15) is 9.59 Å². The molecule has 0 saturated carbocycles. The Morgan fingerprint density at radius 2 is 1.95 bits per heavy atom. The highest BCUT2D eigenvalue weighted by Gasteiger charge is 2.22. The molecule has 0 aliphatic carbocycles. The number of ether oxygens (including phenoxy) is 2.